The molecule has 0 aromatic heterocycles. The number of hydrogen-bond donors (Lipinski definition) is 2. The van der Waals surface area contributed by atoms with Crippen molar-refractivity contribution in [3.63, 3.8) is 0 Å². The summed E-state index contributed by atoms with van der Waals surface area (Å²) in [5, 5.41) is 6.66. The average molecular weight is 236 g/mol. The number of hydrogen-bond acceptors (Lipinski definition) is 2. The van der Waals surface area contributed by atoms with Gasteiger partial charge >= 0.3 is 0 Å². The second-order valence-electron chi connectivity index (χ2n) is 5.12. The molecule has 0 amide bonds. The van der Waals surface area contributed by atoms with Crippen LogP contribution in [0.4, 0.5) is 4.39 Å². The van der Waals surface area contributed by atoms with Crippen molar-refractivity contribution in [1.29, 1.82) is 0 Å². The van der Waals surface area contributed by atoms with Crippen LogP contribution in [0.15, 0.2) is 18.2 Å². The number of aryl methyl sites for hydroxylation is 1. The van der Waals surface area contributed by atoms with Crippen molar-refractivity contribution < 1.29 is 4.39 Å². The Morgan fingerprint density at radius 2 is 2.06 bits per heavy atom. The monoisotopic (exact) mass is 236 g/mol. The van der Waals surface area contributed by atoms with Gasteiger partial charge in [0.1, 0.15) is 5.82 Å². The van der Waals surface area contributed by atoms with Crippen LogP contribution < -0.4 is 10.6 Å². The van der Waals surface area contributed by atoms with Crippen molar-refractivity contribution in [2.45, 2.75) is 25.8 Å². The van der Waals surface area contributed by atoms with Gasteiger partial charge in [-0.05, 0) is 51.1 Å². The van der Waals surface area contributed by atoms with Gasteiger partial charge in [-0.1, -0.05) is 12.1 Å². The molecule has 1 unspecified atom stereocenters. The average Bonchev–Trinajstić information content (AvgIpc) is 3.05. The Labute approximate surface area is 103 Å². The van der Waals surface area contributed by atoms with Crippen molar-refractivity contribution in [1.82, 2.24) is 10.6 Å². The van der Waals surface area contributed by atoms with E-state index in [-0.39, 0.29) is 5.82 Å². The zero-order chi connectivity index (χ0) is 12.5. The smallest absolute Gasteiger partial charge is 0.126 e. The van der Waals surface area contributed by atoms with Gasteiger partial charge < -0.3 is 10.6 Å². The molecular weight excluding hydrogens is 215 g/mol. The number of benzene rings is 1. The summed E-state index contributed by atoms with van der Waals surface area (Å²) in [4.78, 5) is 0. The zero-order valence-corrected chi connectivity index (χ0v) is 10.8. The number of rotatable bonds is 5. The van der Waals surface area contributed by atoms with Crippen molar-refractivity contribution >= 4 is 0 Å². The van der Waals surface area contributed by atoms with Crippen LogP contribution in [-0.2, 0) is 0 Å². The first-order valence-corrected chi connectivity index (χ1v) is 6.21. The Balaban J connectivity index is 2.26. The third-order valence-electron chi connectivity index (χ3n) is 3.84. The van der Waals surface area contributed by atoms with Crippen molar-refractivity contribution in [2.75, 3.05) is 20.6 Å². The molecule has 1 aromatic carbocycles. The Hall–Kier alpha value is -0.930. The standard InChI is InChI=1S/C14H21FN2/c1-10-8-11(4-5-12(10)15)13(17-3)14(6-7-14)9-16-2/h4-5,8,13,16-17H,6-7,9H2,1-3H3. The van der Waals surface area contributed by atoms with E-state index in [1.54, 1.807) is 6.07 Å². The largest absolute Gasteiger partial charge is 0.319 e. The topological polar surface area (TPSA) is 24.1 Å². The maximum atomic E-state index is 13.3. The molecule has 3 heteroatoms. The number of nitrogens with one attached hydrogen (secondary N) is 2. The Morgan fingerprint density at radius 1 is 1.35 bits per heavy atom. The fourth-order valence-electron chi connectivity index (χ4n) is 2.75. The van der Waals surface area contributed by atoms with Crippen LogP contribution in [0.2, 0.25) is 0 Å². The molecule has 17 heavy (non-hydrogen) atoms. The second kappa shape index (κ2) is 4.75. The van der Waals surface area contributed by atoms with Crippen LogP contribution in [0.25, 0.3) is 0 Å². The maximum Gasteiger partial charge on any atom is 0.126 e. The molecule has 1 aliphatic rings. The minimum absolute atomic E-state index is 0.123. The summed E-state index contributed by atoms with van der Waals surface area (Å²) in [6, 6.07) is 5.75. The van der Waals surface area contributed by atoms with Crippen LogP contribution in [-0.4, -0.2) is 20.6 Å². The molecule has 0 radical (unpaired) electrons. The summed E-state index contributed by atoms with van der Waals surface area (Å²) in [6.07, 6.45) is 2.46. The van der Waals surface area contributed by atoms with E-state index in [4.69, 9.17) is 0 Å². The summed E-state index contributed by atoms with van der Waals surface area (Å²) in [5.41, 5.74) is 2.23. The second-order valence-corrected chi connectivity index (χ2v) is 5.12. The molecule has 2 N–H and O–H groups in total. The molecule has 2 nitrogen and oxygen atoms in total. The Morgan fingerprint density at radius 3 is 2.53 bits per heavy atom. The molecule has 1 atom stereocenters. The van der Waals surface area contributed by atoms with E-state index in [0.717, 1.165) is 12.1 Å². The highest BCUT2D eigenvalue weighted by Crippen LogP contribution is 2.54. The lowest BCUT2D eigenvalue weighted by molar-refractivity contribution is 0.346. The zero-order valence-electron chi connectivity index (χ0n) is 10.8. The summed E-state index contributed by atoms with van der Waals surface area (Å²) >= 11 is 0. The van der Waals surface area contributed by atoms with Crippen molar-refractivity contribution in [3.05, 3.63) is 35.1 Å². The van der Waals surface area contributed by atoms with Gasteiger partial charge in [-0.25, -0.2) is 4.39 Å². The highest BCUT2D eigenvalue weighted by atomic mass is 19.1. The van der Waals surface area contributed by atoms with Gasteiger partial charge in [-0.2, -0.15) is 0 Å². The molecule has 0 spiro atoms. The molecule has 1 aromatic rings. The lowest BCUT2D eigenvalue weighted by Gasteiger charge is -2.27. The first-order valence-electron chi connectivity index (χ1n) is 6.21. The molecule has 1 saturated carbocycles. The molecule has 2 rings (SSSR count). The van der Waals surface area contributed by atoms with E-state index in [0.29, 0.717) is 11.5 Å². The maximum absolute atomic E-state index is 13.3. The van der Waals surface area contributed by atoms with E-state index in [1.165, 1.54) is 18.4 Å². The highest BCUT2D eigenvalue weighted by Gasteiger charge is 2.48. The van der Waals surface area contributed by atoms with Crippen molar-refractivity contribution in [2.24, 2.45) is 5.41 Å². The molecule has 0 bridgehead atoms. The van der Waals surface area contributed by atoms with Crippen LogP contribution in [0.1, 0.15) is 30.0 Å². The summed E-state index contributed by atoms with van der Waals surface area (Å²) in [5.74, 6) is -0.123. The van der Waals surface area contributed by atoms with E-state index in [9.17, 15) is 4.39 Å². The number of halogens is 1. The van der Waals surface area contributed by atoms with E-state index >= 15 is 0 Å². The summed E-state index contributed by atoms with van der Waals surface area (Å²) in [6.45, 7) is 2.83. The first kappa shape index (κ1) is 12.5. The minimum atomic E-state index is -0.123. The third kappa shape index (κ3) is 2.35. The van der Waals surface area contributed by atoms with Gasteiger partial charge in [0.25, 0.3) is 0 Å². The normalized spacial score (nSPS) is 19.1. The Kier molecular flexibility index (Phi) is 3.50. The predicted molar refractivity (Wildman–Crippen MR) is 68.5 cm³/mol. The molecule has 1 fully saturated rings. The molecule has 0 heterocycles. The first-order chi connectivity index (χ1) is 8.13. The summed E-state index contributed by atoms with van der Waals surface area (Å²) < 4.78 is 13.3. The van der Waals surface area contributed by atoms with Gasteiger partial charge in [0, 0.05) is 18.0 Å². The van der Waals surface area contributed by atoms with Crippen LogP contribution >= 0.6 is 0 Å². The van der Waals surface area contributed by atoms with Crippen LogP contribution in [0.5, 0.6) is 0 Å². The van der Waals surface area contributed by atoms with E-state index < -0.39 is 0 Å². The van der Waals surface area contributed by atoms with Crippen LogP contribution in [0.3, 0.4) is 0 Å². The van der Waals surface area contributed by atoms with Crippen LogP contribution in [0, 0.1) is 18.2 Å². The van der Waals surface area contributed by atoms with Crippen molar-refractivity contribution in [3.8, 4) is 0 Å². The van der Waals surface area contributed by atoms with Gasteiger partial charge in [-0.3, -0.25) is 0 Å². The third-order valence-corrected chi connectivity index (χ3v) is 3.84. The van der Waals surface area contributed by atoms with Gasteiger partial charge in [0.05, 0.1) is 0 Å². The molecular formula is C14H21FN2. The molecule has 0 aliphatic heterocycles. The molecule has 94 valence electrons. The minimum Gasteiger partial charge on any atom is -0.319 e. The van der Waals surface area contributed by atoms with Gasteiger partial charge in [0.15, 0.2) is 0 Å². The van der Waals surface area contributed by atoms with Gasteiger partial charge in [-0.15, -0.1) is 0 Å². The SMILES string of the molecule is CNCC1(C(NC)c2ccc(F)c(C)c2)CC1. The lowest BCUT2D eigenvalue weighted by Crippen LogP contribution is -2.33. The predicted octanol–water partition coefficient (Wildman–Crippen LogP) is 2.39. The lowest BCUT2D eigenvalue weighted by atomic mass is 9.89. The quantitative estimate of drug-likeness (QED) is 0.820. The fraction of sp³-hybridized carbons (Fsp3) is 0.571. The van der Waals surface area contributed by atoms with E-state index in [1.807, 2.05) is 33.2 Å². The summed E-state index contributed by atoms with van der Waals surface area (Å²) in [7, 11) is 3.97. The molecule has 0 saturated heterocycles. The fourth-order valence-corrected chi connectivity index (χ4v) is 2.75. The Bertz CT molecular complexity index is 399. The van der Waals surface area contributed by atoms with Gasteiger partial charge in [0.2, 0.25) is 0 Å². The highest BCUT2D eigenvalue weighted by molar-refractivity contribution is 5.29. The van der Waals surface area contributed by atoms with E-state index in [2.05, 4.69) is 10.6 Å². The molecule has 1 aliphatic carbocycles.